The van der Waals surface area contributed by atoms with E-state index in [0.717, 1.165) is 30.4 Å². The molecule has 0 fully saturated rings. The zero-order valence-electron chi connectivity index (χ0n) is 22.4. The molecule has 2 amide bonds. The fourth-order valence-corrected chi connectivity index (χ4v) is 4.37. The molecular weight excluding hydrogens is 496 g/mol. The maximum atomic E-state index is 13.3. The second kappa shape index (κ2) is 17.2. The number of benzene rings is 2. The molecule has 0 bridgehead atoms. The van der Waals surface area contributed by atoms with Gasteiger partial charge in [-0.3, -0.25) is 14.4 Å². The standard InChI is InChI=1S/C31H40N2O6/c34-20-27(18-24-12-6-4-7-13-24)32-29(35)19-26-16-10-2-1-3-11-17-30(36)39-23-28(33-31(26)37)22-38-21-25-14-8-5-9-15-25/h2,4-10,12-15,26-28,34H,1,3,11,16-23H2,(H,32,35)(H,33,37). The number of rotatable bonds is 10. The number of amides is 2. The van der Waals surface area contributed by atoms with E-state index in [1.165, 1.54) is 0 Å². The Balaban J connectivity index is 1.63. The number of esters is 1. The minimum Gasteiger partial charge on any atom is -0.463 e. The van der Waals surface area contributed by atoms with E-state index in [0.29, 0.717) is 25.9 Å². The molecule has 3 unspecified atom stereocenters. The molecule has 39 heavy (non-hydrogen) atoms. The van der Waals surface area contributed by atoms with Gasteiger partial charge in [0, 0.05) is 12.8 Å². The summed E-state index contributed by atoms with van der Waals surface area (Å²) >= 11 is 0. The predicted octanol–water partition coefficient (Wildman–Crippen LogP) is 3.48. The van der Waals surface area contributed by atoms with Gasteiger partial charge in [0.15, 0.2) is 0 Å². The summed E-state index contributed by atoms with van der Waals surface area (Å²) in [6.45, 7) is 0.313. The smallest absolute Gasteiger partial charge is 0.305 e. The van der Waals surface area contributed by atoms with Crippen molar-refractivity contribution >= 4 is 17.8 Å². The lowest BCUT2D eigenvalue weighted by Crippen LogP contribution is -2.46. The molecule has 1 aliphatic rings. The number of allylic oxidation sites excluding steroid dienone is 2. The molecule has 1 heterocycles. The Morgan fingerprint density at radius 1 is 1.03 bits per heavy atom. The molecule has 0 aliphatic carbocycles. The molecule has 0 aromatic heterocycles. The average molecular weight is 537 g/mol. The summed E-state index contributed by atoms with van der Waals surface area (Å²) in [7, 11) is 0. The van der Waals surface area contributed by atoms with Crippen molar-refractivity contribution in [1.82, 2.24) is 10.6 Å². The van der Waals surface area contributed by atoms with Crippen molar-refractivity contribution in [2.24, 2.45) is 5.92 Å². The van der Waals surface area contributed by atoms with Crippen LogP contribution < -0.4 is 10.6 Å². The highest BCUT2D eigenvalue weighted by Gasteiger charge is 2.25. The molecule has 3 rings (SSSR count). The zero-order chi connectivity index (χ0) is 27.7. The van der Waals surface area contributed by atoms with E-state index in [-0.39, 0.29) is 44.0 Å². The van der Waals surface area contributed by atoms with Crippen LogP contribution in [0.5, 0.6) is 0 Å². The fourth-order valence-electron chi connectivity index (χ4n) is 4.37. The van der Waals surface area contributed by atoms with Gasteiger partial charge in [0.1, 0.15) is 6.61 Å². The molecular formula is C31H40N2O6. The Kier molecular flexibility index (Phi) is 13.2. The van der Waals surface area contributed by atoms with Crippen molar-refractivity contribution in [2.45, 2.75) is 63.6 Å². The first-order valence-corrected chi connectivity index (χ1v) is 13.7. The van der Waals surface area contributed by atoms with Gasteiger partial charge < -0.3 is 25.2 Å². The van der Waals surface area contributed by atoms with Crippen LogP contribution in [-0.2, 0) is 36.9 Å². The molecule has 0 saturated heterocycles. The first-order chi connectivity index (χ1) is 19.0. The number of carbonyl (C=O) groups excluding carboxylic acids is 3. The Hall–Kier alpha value is -3.49. The number of aliphatic hydroxyl groups excluding tert-OH is 1. The molecule has 2 aromatic rings. The van der Waals surface area contributed by atoms with Gasteiger partial charge in [0.05, 0.1) is 37.8 Å². The Morgan fingerprint density at radius 2 is 1.74 bits per heavy atom. The number of aliphatic hydroxyl groups is 1. The summed E-state index contributed by atoms with van der Waals surface area (Å²) in [4.78, 5) is 38.4. The first kappa shape index (κ1) is 30.1. The maximum absolute atomic E-state index is 13.3. The van der Waals surface area contributed by atoms with E-state index in [1.54, 1.807) is 0 Å². The third-order valence-electron chi connectivity index (χ3n) is 6.52. The highest BCUT2D eigenvalue weighted by molar-refractivity contribution is 5.86. The number of carbonyl (C=O) groups is 3. The third kappa shape index (κ3) is 11.8. The molecule has 0 radical (unpaired) electrons. The lowest BCUT2D eigenvalue weighted by atomic mass is 9.97. The summed E-state index contributed by atoms with van der Waals surface area (Å²) in [6, 6.07) is 18.3. The minimum atomic E-state index is -0.618. The van der Waals surface area contributed by atoms with Gasteiger partial charge in [0.25, 0.3) is 0 Å². The average Bonchev–Trinajstić information content (AvgIpc) is 2.95. The second-order valence-electron chi connectivity index (χ2n) is 9.88. The van der Waals surface area contributed by atoms with Gasteiger partial charge in [-0.05, 0) is 43.2 Å². The molecule has 8 heteroatoms. The zero-order valence-corrected chi connectivity index (χ0v) is 22.4. The highest BCUT2D eigenvalue weighted by Crippen LogP contribution is 2.14. The van der Waals surface area contributed by atoms with Crippen LogP contribution in [0.25, 0.3) is 0 Å². The van der Waals surface area contributed by atoms with E-state index >= 15 is 0 Å². The lowest BCUT2D eigenvalue weighted by molar-refractivity contribution is -0.146. The normalized spacial score (nSPS) is 19.8. The van der Waals surface area contributed by atoms with Gasteiger partial charge in [0.2, 0.25) is 11.8 Å². The quantitative estimate of drug-likeness (QED) is 0.317. The van der Waals surface area contributed by atoms with Crippen LogP contribution in [0.15, 0.2) is 72.8 Å². The van der Waals surface area contributed by atoms with Gasteiger partial charge >= 0.3 is 5.97 Å². The second-order valence-corrected chi connectivity index (χ2v) is 9.88. The first-order valence-electron chi connectivity index (χ1n) is 13.7. The van der Waals surface area contributed by atoms with Crippen molar-refractivity contribution < 1.29 is 29.0 Å². The Morgan fingerprint density at radius 3 is 2.46 bits per heavy atom. The monoisotopic (exact) mass is 536 g/mol. The highest BCUT2D eigenvalue weighted by atomic mass is 16.5. The number of ether oxygens (including phenoxy) is 2. The molecule has 210 valence electrons. The van der Waals surface area contributed by atoms with Crippen LogP contribution >= 0.6 is 0 Å². The van der Waals surface area contributed by atoms with Crippen molar-refractivity contribution in [1.29, 1.82) is 0 Å². The van der Waals surface area contributed by atoms with Crippen LogP contribution in [0.2, 0.25) is 0 Å². The molecule has 0 spiro atoms. The maximum Gasteiger partial charge on any atom is 0.305 e. The molecule has 0 saturated carbocycles. The number of hydrogen-bond donors (Lipinski definition) is 3. The summed E-state index contributed by atoms with van der Waals surface area (Å²) in [6.07, 6.45) is 7.46. The largest absolute Gasteiger partial charge is 0.463 e. The van der Waals surface area contributed by atoms with Crippen LogP contribution in [0.1, 0.15) is 49.7 Å². The molecule has 1 aliphatic heterocycles. The molecule has 3 atom stereocenters. The van der Waals surface area contributed by atoms with Crippen LogP contribution in [0.3, 0.4) is 0 Å². The van der Waals surface area contributed by atoms with Gasteiger partial charge in [-0.1, -0.05) is 72.8 Å². The minimum absolute atomic E-state index is 0.00220. The summed E-state index contributed by atoms with van der Waals surface area (Å²) < 4.78 is 11.3. The number of hydrogen-bond acceptors (Lipinski definition) is 6. The van der Waals surface area contributed by atoms with E-state index in [9.17, 15) is 19.5 Å². The van der Waals surface area contributed by atoms with Crippen molar-refractivity contribution in [3.05, 3.63) is 83.9 Å². The van der Waals surface area contributed by atoms with Gasteiger partial charge in [-0.15, -0.1) is 0 Å². The fraction of sp³-hybridized carbons (Fsp3) is 0.452. The summed E-state index contributed by atoms with van der Waals surface area (Å²) in [5, 5.41) is 15.6. The SMILES string of the molecule is O=C(CC1CC=CCCCCC(=O)OCC(COCc2ccccc2)NC1=O)NC(CO)Cc1ccccc1. The van der Waals surface area contributed by atoms with E-state index < -0.39 is 18.0 Å². The van der Waals surface area contributed by atoms with Crippen molar-refractivity contribution in [2.75, 3.05) is 19.8 Å². The van der Waals surface area contributed by atoms with Crippen LogP contribution in [0, 0.1) is 5.92 Å². The van der Waals surface area contributed by atoms with Gasteiger partial charge in [-0.25, -0.2) is 0 Å². The summed E-state index contributed by atoms with van der Waals surface area (Å²) in [5.41, 5.74) is 2.00. The molecule has 8 nitrogen and oxygen atoms in total. The van der Waals surface area contributed by atoms with Crippen LogP contribution in [-0.4, -0.2) is 54.8 Å². The van der Waals surface area contributed by atoms with E-state index in [4.69, 9.17) is 9.47 Å². The summed E-state index contributed by atoms with van der Waals surface area (Å²) in [5.74, 6) is -1.53. The van der Waals surface area contributed by atoms with Gasteiger partial charge in [-0.2, -0.15) is 0 Å². The number of cyclic esters (lactones) is 1. The predicted molar refractivity (Wildman–Crippen MR) is 148 cm³/mol. The van der Waals surface area contributed by atoms with Crippen LogP contribution in [0.4, 0.5) is 0 Å². The molecule has 2 aromatic carbocycles. The topological polar surface area (TPSA) is 114 Å². The number of nitrogens with one attached hydrogen (secondary N) is 2. The van der Waals surface area contributed by atoms with E-state index in [1.807, 2.05) is 72.8 Å². The van der Waals surface area contributed by atoms with Crippen molar-refractivity contribution in [3.63, 3.8) is 0 Å². The lowest BCUT2D eigenvalue weighted by Gasteiger charge is -2.23. The van der Waals surface area contributed by atoms with E-state index in [2.05, 4.69) is 10.6 Å². The van der Waals surface area contributed by atoms with Crippen molar-refractivity contribution in [3.8, 4) is 0 Å². The third-order valence-corrected chi connectivity index (χ3v) is 6.52. The molecule has 3 N–H and O–H groups in total. The Labute approximate surface area is 230 Å². The Bertz CT molecular complexity index is 1040.